The zero-order valence-corrected chi connectivity index (χ0v) is 13.3. The molecule has 22 heavy (non-hydrogen) atoms. The summed E-state index contributed by atoms with van der Waals surface area (Å²) in [6, 6.07) is 6.38. The number of rotatable bonds is 6. The van der Waals surface area contributed by atoms with E-state index in [1.807, 2.05) is 6.92 Å². The number of likely N-dealkylation sites (tertiary alicyclic amines) is 1. The monoisotopic (exact) mass is 324 g/mol. The first-order valence-corrected chi connectivity index (χ1v) is 7.91. The number of nitrogens with one attached hydrogen (secondary N) is 1. The van der Waals surface area contributed by atoms with E-state index in [1.165, 1.54) is 0 Å². The molecule has 2 amide bonds. The second-order valence-corrected chi connectivity index (χ2v) is 5.86. The molecule has 1 heterocycles. The Balaban J connectivity index is 1.90. The van der Waals surface area contributed by atoms with Gasteiger partial charge in [-0.05, 0) is 30.5 Å². The van der Waals surface area contributed by atoms with E-state index in [9.17, 15) is 14.7 Å². The Morgan fingerprint density at radius 1 is 1.41 bits per heavy atom. The highest BCUT2D eigenvalue weighted by Gasteiger charge is 2.31. The SMILES string of the molecule is CCC(C(=O)NCC(O)c1ccc(Cl)cc1)N1CCCC1=O. The molecule has 1 saturated heterocycles. The Morgan fingerprint density at radius 3 is 2.64 bits per heavy atom. The third-order valence-corrected chi connectivity index (χ3v) is 4.15. The van der Waals surface area contributed by atoms with E-state index >= 15 is 0 Å². The number of hydrogen-bond donors (Lipinski definition) is 2. The molecule has 1 aliphatic heterocycles. The van der Waals surface area contributed by atoms with Crippen molar-refractivity contribution in [2.24, 2.45) is 0 Å². The highest BCUT2D eigenvalue weighted by Crippen LogP contribution is 2.18. The van der Waals surface area contributed by atoms with Crippen LogP contribution in [0.25, 0.3) is 0 Å². The quantitative estimate of drug-likeness (QED) is 0.839. The predicted molar refractivity (Wildman–Crippen MR) is 84.4 cm³/mol. The zero-order valence-electron chi connectivity index (χ0n) is 12.6. The molecular formula is C16H21ClN2O3. The van der Waals surface area contributed by atoms with Crippen LogP contribution >= 0.6 is 11.6 Å². The van der Waals surface area contributed by atoms with E-state index in [1.54, 1.807) is 29.2 Å². The van der Waals surface area contributed by atoms with Crippen molar-refractivity contribution in [1.82, 2.24) is 10.2 Å². The molecule has 1 aliphatic rings. The summed E-state index contributed by atoms with van der Waals surface area (Å²) < 4.78 is 0. The van der Waals surface area contributed by atoms with Gasteiger partial charge in [0.25, 0.3) is 0 Å². The van der Waals surface area contributed by atoms with E-state index in [4.69, 9.17) is 11.6 Å². The minimum Gasteiger partial charge on any atom is -0.387 e. The normalized spacial score (nSPS) is 17.4. The molecule has 120 valence electrons. The number of amides is 2. The standard InChI is InChI=1S/C16H21ClN2O3/c1-2-13(19-9-3-4-15(19)21)16(22)18-10-14(20)11-5-7-12(17)8-6-11/h5-8,13-14,20H,2-4,9-10H2,1H3,(H,18,22). The molecule has 0 aliphatic carbocycles. The first-order chi connectivity index (χ1) is 10.5. The molecule has 1 fully saturated rings. The molecule has 2 rings (SSSR count). The molecule has 1 aromatic rings. The van der Waals surface area contributed by atoms with Crippen molar-refractivity contribution in [3.8, 4) is 0 Å². The number of aliphatic hydroxyl groups is 1. The van der Waals surface area contributed by atoms with E-state index in [0.717, 1.165) is 6.42 Å². The van der Waals surface area contributed by atoms with Gasteiger partial charge in [0, 0.05) is 24.5 Å². The largest absolute Gasteiger partial charge is 0.387 e. The Kier molecular flexibility index (Phi) is 5.80. The summed E-state index contributed by atoms with van der Waals surface area (Å²) >= 11 is 5.80. The maximum atomic E-state index is 12.3. The second kappa shape index (κ2) is 7.61. The third kappa shape index (κ3) is 3.99. The summed E-state index contributed by atoms with van der Waals surface area (Å²) in [5.41, 5.74) is 0.690. The molecule has 0 aromatic heterocycles. The third-order valence-electron chi connectivity index (χ3n) is 3.90. The fourth-order valence-corrected chi connectivity index (χ4v) is 2.79. The van der Waals surface area contributed by atoms with E-state index in [-0.39, 0.29) is 18.4 Å². The van der Waals surface area contributed by atoms with Gasteiger partial charge in [-0.2, -0.15) is 0 Å². The number of carbonyl (C=O) groups is 2. The highest BCUT2D eigenvalue weighted by atomic mass is 35.5. The van der Waals surface area contributed by atoms with Crippen LogP contribution in [0.5, 0.6) is 0 Å². The lowest BCUT2D eigenvalue weighted by Gasteiger charge is -2.26. The lowest BCUT2D eigenvalue weighted by atomic mass is 10.1. The maximum Gasteiger partial charge on any atom is 0.242 e. The van der Waals surface area contributed by atoms with Crippen LogP contribution in [0.1, 0.15) is 37.9 Å². The average Bonchev–Trinajstić information content (AvgIpc) is 2.92. The zero-order chi connectivity index (χ0) is 16.1. The minimum atomic E-state index is -0.798. The number of hydrogen-bond acceptors (Lipinski definition) is 3. The lowest BCUT2D eigenvalue weighted by Crippen LogP contribution is -2.47. The van der Waals surface area contributed by atoms with Crippen LogP contribution in [0.3, 0.4) is 0 Å². The number of carbonyl (C=O) groups excluding carboxylic acids is 2. The summed E-state index contributed by atoms with van der Waals surface area (Å²) in [5, 5.41) is 13.4. The Bertz CT molecular complexity index is 533. The van der Waals surface area contributed by atoms with Crippen molar-refractivity contribution >= 4 is 23.4 Å². The van der Waals surface area contributed by atoms with Crippen LogP contribution in [-0.4, -0.2) is 41.0 Å². The summed E-state index contributed by atoms with van der Waals surface area (Å²) in [5.74, 6) is -0.189. The lowest BCUT2D eigenvalue weighted by molar-refractivity contribution is -0.137. The van der Waals surface area contributed by atoms with Crippen molar-refractivity contribution < 1.29 is 14.7 Å². The van der Waals surface area contributed by atoms with Gasteiger partial charge in [0.15, 0.2) is 0 Å². The van der Waals surface area contributed by atoms with Crippen LogP contribution in [0.15, 0.2) is 24.3 Å². The first-order valence-electron chi connectivity index (χ1n) is 7.53. The van der Waals surface area contributed by atoms with E-state index < -0.39 is 12.1 Å². The molecule has 2 unspecified atom stereocenters. The second-order valence-electron chi connectivity index (χ2n) is 5.43. The molecule has 1 aromatic carbocycles. The van der Waals surface area contributed by atoms with Crippen LogP contribution in [-0.2, 0) is 9.59 Å². The Hall–Kier alpha value is -1.59. The van der Waals surface area contributed by atoms with Crippen LogP contribution < -0.4 is 5.32 Å². The molecule has 2 atom stereocenters. The molecule has 2 N–H and O–H groups in total. The van der Waals surface area contributed by atoms with Gasteiger partial charge in [-0.1, -0.05) is 30.7 Å². The summed E-state index contributed by atoms with van der Waals surface area (Å²) in [6.45, 7) is 2.62. The number of benzene rings is 1. The minimum absolute atomic E-state index is 0.0280. The van der Waals surface area contributed by atoms with Gasteiger partial charge >= 0.3 is 0 Å². The molecule has 0 radical (unpaired) electrons. The van der Waals surface area contributed by atoms with Crippen LogP contribution in [0, 0.1) is 0 Å². The average molecular weight is 325 g/mol. The van der Waals surface area contributed by atoms with Gasteiger partial charge in [0.1, 0.15) is 6.04 Å². The molecule has 6 heteroatoms. The first kappa shape index (κ1) is 16.8. The molecule has 0 bridgehead atoms. The fourth-order valence-electron chi connectivity index (χ4n) is 2.66. The molecular weight excluding hydrogens is 304 g/mol. The molecule has 0 spiro atoms. The van der Waals surface area contributed by atoms with Gasteiger partial charge < -0.3 is 15.3 Å². The Morgan fingerprint density at radius 2 is 2.09 bits per heavy atom. The van der Waals surface area contributed by atoms with Crippen molar-refractivity contribution in [1.29, 1.82) is 0 Å². The topological polar surface area (TPSA) is 69.6 Å². The Labute approximate surface area is 135 Å². The van der Waals surface area contributed by atoms with Crippen molar-refractivity contribution in [2.45, 2.75) is 38.3 Å². The van der Waals surface area contributed by atoms with Gasteiger partial charge in [0.05, 0.1) is 6.10 Å². The van der Waals surface area contributed by atoms with Gasteiger partial charge in [-0.3, -0.25) is 9.59 Å². The van der Waals surface area contributed by atoms with E-state index in [0.29, 0.717) is 30.0 Å². The number of nitrogens with zero attached hydrogens (tertiary/aromatic N) is 1. The van der Waals surface area contributed by atoms with Crippen molar-refractivity contribution in [3.05, 3.63) is 34.9 Å². The summed E-state index contributed by atoms with van der Waals surface area (Å²) in [7, 11) is 0. The van der Waals surface area contributed by atoms with Crippen LogP contribution in [0.2, 0.25) is 5.02 Å². The van der Waals surface area contributed by atoms with Crippen molar-refractivity contribution in [3.63, 3.8) is 0 Å². The van der Waals surface area contributed by atoms with Gasteiger partial charge in [0.2, 0.25) is 11.8 Å². The van der Waals surface area contributed by atoms with Crippen LogP contribution in [0.4, 0.5) is 0 Å². The maximum absolute atomic E-state index is 12.3. The summed E-state index contributed by atoms with van der Waals surface area (Å²) in [6.07, 6.45) is 1.08. The van der Waals surface area contributed by atoms with Gasteiger partial charge in [-0.15, -0.1) is 0 Å². The highest BCUT2D eigenvalue weighted by molar-refractivity contribution is 6.30. The number of aliphatic hydroxyl groups excluding tert-OH is 1. The molecule has 5 nitrogen and oxygen atoms in total. The van der Waals surface area contributed by atoms with E-state index in [2.05, 4.69) is 5.32 Å². The molecule has 0 saturated carbocycles. The smallest absolute Gasteiger partial charge is 0.242 e. The van der Waals surface area contributed by atoms with Gasteiger partial charge in [-0.25, -0.2) is 0 Å². The fraction of sp³-hybridized carbons (Fsp3) is 0.500. The summed E-state index contributed by atoms with van der Waals surface area (Å²) in [4.78, 5) is 25.6. The predicted octanol–water partition coefficient (Wildman–Crippen LogP) is 1.89. The number of halogens is 1. The van der Waals surface area contributed by atoms with Crippen molar-refractivity contribution in [2.75, 3.05) is 13.1 Å².